The van der Waals surface area contributed by atoms with Crippen molar-refractivity contribution in [2.24, 2.45) is 0 Å². The van der Waals surface area contributed by atoms with Gasteiger partial charge in [0, 0.05) is 0 Å². The molecular formula is C27H32O2. The summed E-state index contributed by atoms with van der Waals surface area (Å²) in [7, 11) is 0. The van der Waals surface area contributed by atoms with Gasteiger partial charge in [0.2, 0.25) is 0 Å². The molecule has 0 atom stereocenters. The topological polar surface area (TPSA) is 40.5 Å². The molecule has 0 saturated heterocycles. The maximum Gasteiger partial charge on any atom is 0.119 e. The second-order valence-electron chi connectivity index (χ2n) is 9.67. The van der Waals surface area contributed by atoms with E-state index in [0.29, 0.717) is 11.5 Å². The molecule has 3 aromatic carbocycles. The summed E-state index contributed by atoms with van der Waals surface area (Å²) in [6, 6.07) is 22.3. The summed E-state index contributed by atoms with van der Waals surface area (Å²) < 4.78 is 0. The number of hydrogen-bond acceptors (Lipinski definition) is 2. The molecule has 3 aromatic rings. The average molecular weight is 389 g/mol. The van der Waals surface area contributed by atoms with Crippen LogP contribution >= 0.6 is 0 Å². The Morgan fingerprint density at radius 1 is 0.621 bits per heavy atom. The van der Waals surface area contributed by atoms with Crippen molar-refractivity contribution in [2.45, 2.75) is 58.3 Å². The first-order valence-corrected chi connectivity index (χ1v) is 10.2. The minimum Gasteiger partial charge on any atom is -0.508 e. The minimum absolute atomic E-state index is 0.0652. The number of phenolic OH excluding ortho intramolecular Hbond substituents is 2. The molecule has 0 amide bonds. The van der Waals surface area contributed by atoms with Crippen LogP contribution < -0.4 is 0 Å². The molecule has 0 fully saturated rings. The van der Waals surface area contributed by atoms with Crippen molar-refractivity contribution in [1.29, 1.82) is 0 Å². The van der Waals surface area contributed by atoms with Crippen LogP contribution in [-0.4, -0.2) is 10.2 Å². The smallest absolute Gasteiger partial charge is 0.119 e. The Hall–Kier alpha value is -2.74. The van der Waals surface area contributed by atoms with Gasteiger partial charge in [0.25, 0.3) is 0 Å². The van der Waals surface area contributed by atoms with E-state index >= 15 is 0 Å². The van der Waals surface area contributed by atoms with Crippen molar-refractivity contribution in [1.82, 2.24) is 0 Å². The van der Waals surface area contributed by atoms with Gasteiger partial charge in [-0.2, -0.15) is 0 Å². The van der Waals surface area contributed by atoms with Gasteiger partial charge in [0.1, 0.15) is 11.5 Å². The summed E-state index contributed by atoms with van der Waals surface area (Å²) in [5.74, 6) is 0.726. The average Bonchev–Trinajstić information content (AvgIpc) is 2.62. The molecule has 0 radical (unpaired) electrons. The second-order valence-corrected chi connectivity index (χ2v) is 9.67. The molecule has 0 heterocycles. The molecule has 0 aliphatic heterocycles. The third-order valence-electron chi connectivity index (χ3n) is 5.58. The largest absolute Gasteiger partial charge is 0.508 e. The van der Waals surface area contributed by atoms with Gasteiger partial charge in [-0.25, -0.2) is 0 Å². The van der Waals surface area contributed by atoms with Crippen molar-refractivity contribution in [3.63, 3.8) is 0 Å². The van der Waals surface area contributed by atoms with Crippen LogP contribution in [0.4, 0.5) is 0 Å². The van der Waals surface area contributed by atoms with E-state index in [-0.39, 0.29) is 10.8 Å². The standard InChI is InChI=1S/C27H32O2/c1-26(2,3)22-15-14-21(17-25(22)29)16-19-10-12-20(13-11-19)18-27(4,5)23-8-6-7-9-24(23)28/h6-15,17,28-29H,16,18H2,1-5H3. The highest BCUT2D eigenvalue weighted by molar-refractivity contribution is 5.43. The molecule has 0 unspecified atom stereocenters. The molecule has 0 bridgehead atoms. The zero-order valence-corrected chi connectivity index (χ0v) is 18.2. The second kappa shape index (κ2) is 7.94. The normalized spacial score (nSPS) is 12.2. The van der Waals surface area contributed by atoms with E-state index in [4.69, 9.17) is 0 Å². The summed E-state index contributed by atoms with van der Waals surface area (Å²) in [6.45, 7) is 10.6. The van der Waals surface area contributed by atoms with Gasteiger partial charge < -0.3 is 10.2 Å². The molecule has 0 spiro atoms. The van der Waals surface area contributed by atoms with Crippen molar-refractivity contribution < 1.29 is 10.2 Å². The molecule has 0 aliphatic rings. The predicted molar refractivity (Wildman–Crippen MR) is 121 cm³/mol. The fraction of sp³-hybridized carbons (Fsp3) is 0.333. The van der Waals surface area contributed by atoms with Gasteiger partial charge in [-0.1, -0.05) is 89.2 Å². The Bertz CT molecular complexity index is 976. The van der Waals surface area contributed by atoms with Crippen LogP contribution in [0.3, 0.4) is 0 Å². The number of hydrogen-bond donors (Lipinski definition) is 2. The lowest BCUT2D eigenvalue weighted by molar-refractivity contribution is 0.433. The van der Waals surface area contributed by atoms with Gasteiger partial charge in [0.05, 0.1) is 0 Å². The number of phenols is 2. The Balaban J connectivity index is 1.72. The summed E-state index contributed by atoms with van der Waals surface area (Å²) in [4.78, 5) is 0. The maximum absolute atomic E-state index is 10.4. The van der Waals surface area contributed by atoms with Gasteiger partial charge in [-0.05, 0) is 63.6 Å². The first-order chi connectivity index (χ1) is 13.6. The van der Waals surface area contributed by atoms with Crippen LogP contribution in [0.1, 0.15) is 62.4 Å². The van der Waals surface area contributed by atoms with Gasteiger partial charge in [-0.15, -0.1) is 0 Å². The molecule has 3 rings (SSSR count). The highest BCUT2D eigenvalue weighted by atomic mass is 16.3. The molecule has 0 saturated carbocycles. The van der Waals surface area contributed by atoms with E-state index in [1.54, 1.807) is 6.07 Å². The number of benzene rings is 3. The Morgan fingerprint density at radius 3 is 1.79 bits per heavy atom. The zero-order chi connectivity index (χ0) is 21.2. The van der Waals surface area contributed by atoms with Crippen molar-refractivity contribution >= 4 is 0 Å². The lowest BCUT2D eigenvalue weighted by Gasteiger charge is -2.26. The lowest BCUT2D eigenvalue weighted by atomic mass is 9.78. The summed E-state index contributed by atoms with van der Waals surface area (Å²) in [5.41, 5.74) is 5.30. The van der Waals surface area contributed by atoms with Crippen LogP contribution in [0.5, 0.6) is 11.5 Å². The first-order valence-electron chi connectivity index (χ1n) is 10.2. The van der Waals surface area contributed by atoms with Gasteiger partial charge in [-0.3, -0.25) is 0 Å². The molecule has 2 nitrogen and oxygen atoms in total. The molecule has 0 aromatic heterocycles. The molecule has 2 heteroatoms. The molecular weight excluding hydrogens is 356 g/mol. The first kappa shape index (κ1) is 21.0. The Morgan fingerprint density at radius 2 is 1.21 bits per heavy atom. The van der Waals surface area contributed by atoms with E-state index in [0.717, 1.165) is 29.5 Å². The highest BCUT2D eigenvalue weighted by Gasteiger charge is 2.24. The number of aromatic hydroxyl groups is 2. The highest BCUT2D eigenvalue weighted by Crippen LogP contribution is 2.34. The van der Waals surface area contributed by atoms with Gasteiger partial charge in [0.15, 0.2) is 0 Å². The maximum atomic E-state index is 10.4. The van der Waals surface area contributed by atoms with E-state index < -0.39 is 0 Å². The van der Waals surface area contributed by atoms with Crippen molar-refractivity contribution in [3.05, 3.63) is 94.5 Å². The van der Waals surface area contributed by atoms with E-state index in [9.17, 15) is 10.2 Å². The van der Waals surface area contributed by atoms with Crippen LogP contribution in [-0.2, 0) is 23.7 Å². The van der Waals surface area contributed by atoms with Crippen molar-refractivity contribution in [2.75, 3.05) is 0 Å². The Kier molecular flexibility index (Phi) is 5.75. The number of para-hydroxylation sites is 1. The number of rotatable bonds is 5. The van der Waals surface area contributed by atoms with Gasteiger partial charge >= 0.3 is 0 Å². The lowest BCUT2D eigenvalue weighted by Crippen LogP contribution is -2.20. The Labute approximate surface area is 174 Å². The van der Waals surface area contributed by atoms with Crippen LogP contribution in [0.2, 0.25) is 0 Å². The molecule has 0 aliphatic carbocycles. The predicted octanol–water partition coefficient (Wildman–Crippen LogP) is 6.51. The van der Waals surface area contributed by atoms with Crippen LogP contribution in [0.15, 0.2) is 66.7 Å². The van der Waals surface area contributed by atoms with E-state index in [1.807, 2.05) is 30.3 Å². The summed E-state index contributed by atoms with van der Waals surface area (Å²) >= 11 is 0. The van der Waals surface area contributed by atoms with Crippen LogP contribution in [0.25, 0.3) is 0 Å². The summed E-state index contributed by atoms with van der Waals surface area (Å²) in [6.07, 6.45) is 1.65. The summed E-state index contributed by atoms with van der Waals surface area (Å²) in [5, 5.41) is 20.6. The molecule has 152 valence electrons. The monoisotopic (exact) mass is 388 g/mol. The van der Waals surface area contributed by atoms with Crippen molar-refractivity contribution in [3.8, 4) is 11.5 Å². The molecule has 29 heavy (non-hydrogen) atoms. The minimum atomic E-state index is -0.151. The third-order valence-corrected chi connectivity index (χ3v) is 5.58. The SMILES string of the molecule is CC(C)(C)c1ccc(Cc2ccc(CC(C)(C)c3ccccc3O)cc2)cc1O. The molecule has 2 N–H and O–H groups in total. The zero-order valence-electron chi connectivity index (χ0n) is 18.2. The van der Waals surface area contributed by atoms with E-state index in [2.05, 4.69) is 65.0 Å². The fourth-order valence-electron chi connectivity index (χ4n) is 3.98. The quantitative estimate of drug-likeness (QED) is 0.523. The van der Waals surface area contributed by atoms with E-state index in [1.165, 1.54) is 11.1 Å². The fourth-order valence-corrected chi connectivity index (χ4v) is 3.98. The van der Waals surface area contributed by atoms with Crippen LogP contribution in [0, 0.1) is 0 Å². The third kappa shape index (κ3) is 5.00.